The number of aromatic amines is 1. The molecule has 7 nitrogen and oxygen atoms in total. The first-order valence-electron chi connectivity index (χ1n) is 11.7. The molecule has 0 spiro atoms. The third-order valence-electron chi connectivity index (χ3n) is 7.30. The molecular weight excluding hydrogens is 473 g/mol. The van der Waals surface area contributed by atoms with E-state index in [4.69, 9.17) is 0 Å². The molecule has 2 aromatic rings. The highest BCUT2D eigenvalue weighted by atomic mass is 19.4. The molecule has 5 rings (SSSR count). The number of halogens is 5. The first-order valence-corrected chi connectivity index (χ1v) is 11.7. The van der Waals surface area contributed by atoms with Gasteiger partial charge >= 0.3 is 12.2 Å². The number of hydrogen-bond donors (Lipinski definition) is 2. The Morgan fingerprint density at radius 1 is 1.06 bits per heavy atom. The minimum absolute atomic E-state index is 0.0413. The number of hydrogen-bond acceptors (Lipinski definition) is 4. The molecule has 1 atom stereocenters. The highest BCUT2D eigenvalue weighted by molar-refractivity contribution is 5.75. The molecule has 2 fully saturated rings. The van der Waals surface area contributed by atoms with Crippen LogP contribution in [0.4, 0.5) is 26.7 Å². The lowest BCUT2D eigenvalue weighted by molar-refractivity contribution is -0.141. The Hall–Kier alpha value is -2.73. The molecule has 0 saturated carbocycles. The van der Waals surface area contributed by atoms with E-state index in [-0.39, 0.29) is 37.5 Å². The zero-order valence-electron chi connectivity index (χ0n) is 18.9. The van der Waals surface area contributed by atoms with E-state index < -0.39 is 35.5 Å². The molecule has 2 amide bonds. The summed E-state index contributed by atoms with van der Waals surface area (Å²) < 4.78 is 67.9. The van der Waals surface area contributed by atoms with E-state index in [2.05, 4.69) is 10.2 Å². The molecule has 0 aliphatic carbocycles. The number of fused-ring (bicyclic) bond motifs is 1. The first kappa shape index (κ1) is 24.0. The van der Waals surface area contributed by atoms with Gasteiger partial charge in [0.15, 0.2) is 17.9 Å². The number of amides is 2. The van der Waals surface area contributed by atoms with E-state index in [1.807, 2.05) is 4.90 Å². The molecule has 0 radical (unpaired) electrons. The average Bonchev–Trinajstić information content (AvgIpc) is 3.57. The van der Waals surface area contributed by atoms with E-state index >= 15 is 0 Å². The monoisotopic (exact) mass is 499 g/mol. The molecule has 3 aliphatic rings. The Kier molecular flexibility index (Phi) is 6.20. The van der Waals surface area contributed by atoms with Crippen molar-refractivity contribution in [3.8, 4) is 0 Å². The van der Waals surface area contributed by atoms with Gasteiger partial charge in [-0.15, -0.1) is 0 Å². The Labute approximate surface area is 198 Å². The number of H-pyrrole nitrogens is 1. The predicted molar refractivity (Wildman–Crippen MR) is 114 cm³/mol. The summed E-state index contributed by atoms with van der Waals surface area (Å²) in [6.07, 6.45) is -3.66. The number of aliphatic hydroxyl groups excluding tert-OH is 1. The topological polar surface area (TPSA) is 75.7 Å². The highest BCUT2D eigenvalue weighted by Crippen LogP contribution is 2.42. The van der Waals surface area contributed by atoms with Crippen LogP contribution in [0.2, 0.25) is 0 Å². The molecule has 35 heavy (non-hydrogen) atoms. The highest BCUT2D eigenvalue weighted by Gasteiger charge is 2.41. The summed E-state index contributed by atoms with van der Waals surface area (Å²) in [5.74, 6) is -4.03. The maximum atomic E-state index is 14.0. The molecule has 3 aliphatic heterocycles. The summed E-state index contributed by atoms with van der Waals surface area (Å²) >= 11 is 0. The fourth-order valence-corrected chi connectivity index (χ4v) is 5.44. The van der Waals surface area contributed by atoms with E-state index in [9.17, 15) is 31.9 Å². The summed E-state index contributed by atoms with van der Waals surface area (Å²) in [7, 11) is 0. The number of nitrogens with one attached hydrogen (secondary N) is 1. The van der Waals surface area contributed by atoms with Crippen LogP contribution in [0, 0.1) is 11.6 Å². The van der Waals surface area contributed by atoms with Gasteiger partial charge in [-0.25, -0.2) is 13.6 Å². The van der Waals surface area contributed by atoms with Crippen LogP contribution >= 0.6 is 0 Å². The third kappa shape index (κ3) is 4.37. The van der Waals surface area contributed by atoms with Gasteiger partial charge in [-0.1, -0.05) is 6.07 Å². The first-order chi connectivity index (χ1) is 16.6. The summed E-state index contributed by atoms with van der Waals surface area (Å²) in [6.45, 7) is 2.68. The number of likely N-dealkylation sites (tertiary alicyclic amines) is 2. The predicted octanol–water partition coefficient (Wildman–Crippen LogP) is 4.11. The lowest BCUT2D eigenvalue weighted by atomic mass is 9.85. The standard InChI is InChI=1S/C23H26F5N5O2/c24-16-4-3-14(18(19(16)25)23(26,27)28)13-5-9-31(10-6-13)21(34)20-15-11-33(12-17(15)29-30-20)22(35)32-7-1-2-8-32/h3-4,13,21,34H,1-2,5-12H2,(H,29,30). The van der Waals surface area contributed by atoms with Gasteiger partial charge < -0.3 is 14.9 Å². The minimum atomic E-state index is -5.01. The van der Waals surface area contributed by atoms with E-state index in [1.165, 1.54) is 0 Å². The van der Waals surface area contributed by atoms with Crippen LogP contribution in [0.1, 0.15) is 65.9 Å². The van der Waals surface area contributed by atoms with Crippen molar-refractivity contribution in [2.45, 2.75) is 57.1 Å². The fourth-order valence-electron chi connectivity index (χ4n) is 5.44. The maximum Gasteiger partial charge on any atom is 0.419 e. The maximum absolute atomic E-state index is 14.0. The normalized spacial score (nSPS) is 20.5. The Balaban J connectivity index is 1.26. The van der Waals surface area contributed by atoms with Gasteiger partial charge in [0, 0.05) is 31.7 Å². The van der Waals surface area contributed by atoms with Gasteiger partial charge in [0.25, 0.3) is 0 Å². The van der Waals surface area contributed by atoms with Crippen LogP contribution in [0.25, 0.3) is 0 Å². The van der Waals surface area contributed by atoms with Crippen LogP contribution in [0.3, 0.4) is 0 Å². The van der Waals surface area contributed by atoms with Crippen molar-refractivity contribution < 1.29 is 31.9 Å². The number of benzene rings is 1. The number of aromatic nitrogens is 2. The van der Waals surface area contributed by atoms with E-state index in [1.54, 1.807) is 9.80 Å². The quantitative estimate of drug-likeness (QED) is 0.624. The van der Waals surface area contributed by atoms with Crippen molar-refractivity contribution >= 4 is 6.03 Å². The molecule has 190 valence electrons. The largest absolute Gasteiger partial charge is 0.419 e. The van der Waals surface area contributed by atoms with Crippen LogP contribution in [0.5, 0.6) is 0 Å². The van der Waals surface area contributed by atoms with Crippen molar-refractivity contribution in [2.24, 2.45) is 0 Å². The summed E-state index contributed by atoms with van der Waals surface area (Å²) in [4.78, 5) is 17.9. The Bertz CT molecular complexity index is 1110. The summed E-state index contributed by atoms with van der Waals surface area (Å²) in [5, 5.41) is 18.1. The molecule has 12 heteroatoms. The zero-order chi connectivity index (χ0) is 24.9. The van der Waals surface area contributed by atoms with Crippen LogP contribution in [0.15, 0.2) is 12.1 Å². The number of piperidine rings is 1. The van der Waals surface area contributed by atoms with Gasteiger partial charge in [0.05, 0.1) is 24.3 Å². The number of alkyl halides is 3. The van der Waals surface area contributed by atoms with E-state index in [0.29, 0.717) is 18.8 Å². The molecular formula is C23H26F5N5O2. The second-order valence-electron chi connectivity index (χ2n) is 9.41. The Morgan fingerprint density at radius 2 is 1.74 bits per heavy atom. The van der Waals surface area contributed by atoms with Gasteiger partial charge in [-0.05, 0) is 43.2 Å². The average molecular weight is 499 g/mol. The van der Waals surface area contributed by atoms with Crippen molar-refractivity contribution in [3.05, 3.63) is 51.8 Å². The molecule has 0 bridgehead atoms. The second-order valence-corrected chi connectivity index (χ2v) is 9.41. The van der Waals surface area contributed by atoms with Crippen molar-refractivity contribution in [3.63, 3.8) is 0 Å². The second kappa shape index (κ2) is 9.05. The van der Waals surface area contributed by atoms with Gasteiger partial charge in [-0.2, -0.15) is 18.3 Å². The number of carbonyl (C=O) groups excluding carboxylic acids is 1. The van der Waals surface area contributed by atoms with Crippen LogP contribution in [-0.2, 0) is 19.3 Å². The lowest BCUT2D eigenvalue weighted by Gasteiger charge is -2.35. The zero-order valence-corrected chi connectivity index (χ0v) is 18.9. The summed E-state index contributed by atoms with van der Waals surface area (Å²) in [6, 6.07) is 1.69. The molecule has 2 N–H and O–H groups in total. The number of aliphatic hydroxyl groups is 1. The summed E-state index contributed by atoms with van der Waals surface area (Å²) in [5.41, 5.74) is 0.107. The molecule has 1 unspecified atom stereocenters. The molecule has 1 aromatic heterocycles. The SMILES string of the molecule is O=C(N1CCCC1)N1Cc2[nH]nc(C(O)N3CCC(c4ccc(F)c(F)c4C(F)(F)F)CC3)c2C1. The third-order valence-corrected chi connectivity index (χ3v) is 7.30. The molecule has 2 saturated heterocycles. The van der Waals surface area contributed by atoms with Crippen molar-refractivity contribution in [2.75, 3.05) is 26.2 Å². The molecule has 4 heterocycles. The van der Waals surface area contributed by atoms with Gasteiger partial charge in [-0.3, -0.25) is 10.00 Å². The number of nitrogens with zero attached hydrogens (tertiary/aromatic N) is 4. The number of urea groups is 1. The van der Waals surface area contributed by atoms with Crippen LogP contribution < -0.4 is 0 Å². The van der Waals surface area contributed by atoms with Gasteiger partial charge in [0.1, 0.15) is 5.69 Å². The number of carbonyl (C=O) groups is 1. The molecule has 1 aromatic carbocycles. The minimum Gasteiger partial charge on any atom is -0.372 e. The fraction of sp³-hybridized carbons (Fsp3) is 0.565. The Morgan fingerprint density at radius 3 is 2.40 bits per heavy atom. The smallest absolute Gasteiger partial charge is 0.372 e. The lowest BCUT2D eigenvalue weighted by Crippen LogP contribution is -2.39. The van der Waals surface area contributed by atoms with Crippen LogP contribution in [-0.4, -0.2) is 62.2 Å². The van der Waals surface area contributed by atoms with Gasteiger partial charge in [0.2, 0.25) is 0 Å². The van der Waals surface area contributed by atoms with E-state index in [0.717, 1.165) is 49.3 Å². The van der Waals surface area contributed by atoms with Crippen molar-refractivity contribution in [1.82, 2.24) is 24.9 Å². The van der Waals surface area contributed by atoms with Crippen molar-refractivity contribution in [1.29, 1.82) is 0 Å². The number of rotatable bonds is 3.